The van der Waals surface area contributed by atoms with Gasteiger partial charge < -0.3 is 9.84 Å². The lowest BCUT2D eigenvalue weighted by Crippen LogP contribution is -2.14. The first-order chi connectivity index (χ1) is 8.51. The van der Waals surface area contributed by atoms with E-state index in [1.807, 2.05) is 43.3 Å². The van der Waals surface area contributed by atoms with Gasteiger partial charge in [-0.25, -0.2) is 0 Å². The third-order valence-electron chi connectivity index (χ3n) is 2.15. The monoisotopic (exact) mass is 244 g/mol. The van der Waals surface area contributed by atoms with Gasteiger partial charge >= 0.3 is 0 Å². The van der Waals surface area contributed by atoms with Crippen LogP contribution in [0.15, 0.2) is 30.3 Å². The minimum absolute atomic E-state index is 0.636. The molecule has 2 heteroatoms. The van der Waals surface area contributed by atoms with E-state index in [1.54, 1.807) is 13.8 Å². The molecular formula is C16H20O2. The number of ether oxygens (including phenoxy) is 1. The molecule has 0 amide bonds. The molecular weight excluding hydrogens is 224 g/mol. The Balaban J connectivity index is 2.62. The fourth-order valence-electron chi connectivity index (χ4n) is 1.27. The molecule has 0 aliphatic rings. The molecule has 0 heterocycles. The highest BCUT2D eigenvalue weighted by molar-refractivity contribution is 5.51. The van der Waals surface area contributed by atoms with Crippen molar-refractivity contribution in [1.29, 1.82) is 0 Å². The smallest absolute Gasteiger partial charge is 0.120 e. The van der Waals surface area contributed by atoms with E-state index >= 15 is 0 Å². The van der Waals surface area contributed by atoms with Gasteiger partial charge in [-0.1, -0.05) is 36.1 Å². The van der Waals surface area contributed by atoms with E-state index in [-0.39, 0.29) is 0 Å². The van der Waals surface area contributed by atoms with Gasteiger partial charge in [0.15, 0.2) is 0 Å². The Morgan fingerprint density at radius 2 is 1.94 bits per heavy atom. The van der Waals surface area contributed by atoms with Crippen LogP contribution in [-0.4, -0.2) is 23.9 Å². The van der Waals surface area contributed by atoms with E-state index in [1.165, 1.54) is 0 Å². The maximum absolute atomic E-state index is 9.50. The van der Waals surface area contributed by atoms with Crippen LogP contribution in [0.3, 0.4) is 0 Å². The molecule has 1 aromatic rings. The summed E-state index contributed by atoms with van der Waals surface area (Å²) in [7, 11) is 0. The summed E-state index contributed by atoms with van der Waals surface area (Å²) in [6.45, 7) is 6.69. The van der Waals surface area contributed by atoms with Gasteiger partial charge in [0.2, 0.25) is 0 Å². The third kappa shape index (κ3) is 6.24. The fourth-order valence-corrected chi connectivity index (χ4v) is 1.27. The van der Waals surface area contributed by atoms with Gasteiger partial charge in [-0.2, -0.15) is 0 Å². The van der Waals surface area contributed by atoms with Crippen LogP contribution in [0.4, 0.5) is 0 Å². The summed E-state index contributed by atoms with van der Waals surface area (Å²) in [5.74, 6) is 5.72. The molecule has 0 aromatic heterocycles. The Labute approximate surface area is 109 Å². The van der Waals surface area contributed by atoms with Gasteiger partial charge in [0.05, 0.1) is 6.61 Å². The zero-order chi connectivity index (χ0) is 13.4. The normalized spacial score (nSPS) is 11.3. The third-order valence-corrected chi connectivity index (χ3v) is 2.15. The van der Waals surface area contributed by atoms with Gasteiger partial charge in [-0.3, -0.25) is 0 Å². The SMILES string of the molecule is CCOC/C=C/c1ccc(C#CC(C)(C)O)cc1. The molecule has 18 heavy (non-hydrogen) atoms. The second-order valence-electron chi connectivity index (χ2n) is 4.49. The van der Waals surface area contributed by atoms with Gasteiger partial charge in [0.25, 0.3) is 0 Å². The molecule has 0 atom stereocenters. The summed E-state index contributed by atoms with van der Waals surface area (Å²) in [6, 6.07) is 7.88. The Hall–Kier alpha value is -1.56. The standard InChI is InChI=1S/C16H20O2/c1-4-18-13-5-6-14-7-9-15(10-8-14)11-12-16(2,3)17/h5-10,17H,4,13H2,1-3H3/b6-5+. The van der Waals surface area contributed by atoms with Crippen LogP contribution in [0.25, 0.3) is 6.08 Å². The van der Waals surface area contributed by atoms with E-state index in [0.717, 1.165) is 17.7 Å². The fraction of sp³-hybridized carbons (Fsp3) is 0.375. The molecule has 1 aromatic carbocycles. The van der Waals surface area contributed by atoms with Crippen molar-refractivity contribution in [3.63, 3.8) is 0 Å². The Bertz CT molecular complexity index is 439. The molecule has 0 fully saturated rings. The number of benzene rings is 1. The number of aliphatic hydroxyl groups is 1. The molecule has 0 saturated carbocycles. The molecule has 0 radical (unpaired) electrons. The first kappa shape index (κ1) is 14.5. The van der Waals surface area contributed by atoms with Crippen molar-refractivity contribution in [2.24, 2.45) is 0 Å². The van der Waals surface area contributed by atoms with E-state index < -0.39 is 5.60 Å². The molecule has 0 aliphatic heterocycles. The summed E-state index contributed by atoms with van der Waals surface area (Å²) in [6.07, 6.45) is 4.00. The Morgan fingerprint density at radius 1 is 1.28 bits per heavy atom. The highest BCUT2D eigenvalue weighted by Crippen LogP contribution is 2.06. The second-order valence-corrected chi connectivity index (χ2v) is 4.49. The lowest BCUT2D eigenvalue weighted by Gasteiger charge is -2.05. The van der Waals surface area contributed by atoms with Gasteiger partial charge in [-0.15, -0.1) is 0 Å². The van der Waals surface area contributed by atoms with Gasteiger partial charge in [0.1, 0.15) is 5.60 Å². The van der Waals surface area contributed by atoms with Crippen LogP contribution < -0.4 is 0 Å². The largest absolute Gasteiger partial charge is 0.378 e. The predicted octanol–water partition coefficient (Wildman–Crippen LogP) is 2.86. The van der Waals surface area contributed by atoms with E-state index in [9.17, 15) is 5.11 Å². The predicted molar refractivity (Wildman–Crippen MR) is 75.1 cm³/mol. The van der Waals surface area contributed by atoms with E-state index in [4.69, 9.17) is 4.74 Å². The minimum atomic E-state index is -0.948. The molecule has 96 valence electrons. The van der Waals surface area contributed by atoms with Crippen LogP contribution in [-0.2, 0) is 4.74 Å². The molecule has 1 N–H and O–H groups in total. The number of hydrogen-bond donors (Lipinski definition) is 1. The van der Waals surface area contributed by atoms with Crippen LogP contribution in [0.5, 0.6) is 0 Å². The first-order valence-corrected chi connectivity index (χ1v) is 6.11. The van der Waals surface area contributed by atoms with Crippen LogP contribution in [0.2, 0.25) is 0 Å². The number of hydrogen-bond acceptors (Lipinski definition) is 2. The average Bonchev–Trinajstić information content (AvgIpc) is 2.33. The lowest BCUT2D eigenvalue weighted by atomic mass is 10.1. The molecule has 2 nitrogen and oxygen atoms in total. The van der Waals surface area contributed by atoms with Crippen molar-refractivity contribution in [1.82, 2.24) is 0 Å². The highest BCUT2D eigenvalue weighted by atomic mass is 16.5. The van der Waals surface area contributed by atoms with Crippen molar-refractivity contribution < 1.29 is 9.84 Å². The zero-order valence-corrected chi connectivity index (χ0v) is 11.2. The summed E-state index contributed by atoms with van der Waals surface area (Å²) < 4.78 is 5.22. The lowest BCUT2D eigenvalue weighted by molar-refractivity contribution is 0.143. The van der Waals surface area contributed by atoms with Crippen molar-refractivity contribution in [3.05, 3.63) is 41.5 Å². The van der Waals surface area contributed by atoms with E-state index in [0.29, 0.717) is 6.61 Å². The van der Waals surface area contributed by atoms with Crippen LogP contribution in [0.1, 0.15) is 31.9 Å². The molecule has 0 unspecified atom stereocenters. The highest BCUT2D eigenvalue weighted by Gasteiger charge is 2.05. The molecule has 0 bridgehead atoms. The van der Waals surface area contributed by atoms with Crippen molar-refractivity contribution >= 4 is 6.08 Å². The summed E-state index contributed by atoms with van der Waals surface area (Å²) >= 11 is 0. The van der Waals surface area contributed by atoms with Crippen molar-refractivity contribution in [2.75, 3.05) is 13.2 Å². The number of rotatable bonds is 4. The van der Waals surface area contributed by atoms with Crippen molar-refractivity contribution in [3.8, 4) is 11.8 Å². The zero-order valence-electron chi connectivity index (χ0n) is 11.2. The maximum atomic E-state index is 9.50. The molecule has 1 rings (SSSR count). The molecule has 0 aliphatic carbocycles. The topological polar surface area (TPSA) is 29.5 Å². The van der Waals surface area contributed by atoms with Gasteiger partial charge in [-0.05, 0) is 38.5 Å². The quantitative estimate of drug-likeness (QED) is 0.652. The van der Waals surface area contributed by atoms with Gasteiger partial charge in [0, 0.05) is 12.2 Å². The summed E-state index contributed by atoms with van der Waals surface area (Å²) in [5.41, 5.74) is 1.07. The first-order valence-electron chi connectivity index (χ1n) is 6.11. The second kappa shape index (κ2) is 7.00. The average molecular weight is 244 g/mol. The van der Waals surface area contributed by atoms with E-state index in [2.05, 4.69) is 11.8 Å². The minimum Gasteiger partial charge on any atom is -0.378 e. The van der Waals surface area contributed by atoms with Crippen molar-refractivity contribution in [2.45, 2.75) is 26.4 Å². The van der Waals surface area contributed by atoms with Crippen LogP contribution >= 0.6 is 0 Å². The summed E-state index contributed by atoms with van der Waals surface area (Å²) in [5, 5.41) is 9.50. The summed E-state index contributed by atoms with van der Waals surface area (Å²) in [4.78, 5) is 0. The Morgan fingerprint density at radius 3 is 2.50 bits per heavy atom. The maximum Gasteiger partial charge on any atom is 0.120 e. The Kier molecular flexibility index (Phi) is 5.64. The van der Waals surface area contributed by atoms with Crippen LogP contribution in [0, 0.1) is 11.8 Å². The molecule has 0 saturated heterocycles. The molecule has 0 spiro atoms.